The zero-order valence-corrected chi connectivity index (χ0v) is 11.5. The highest BCUT2D eigenvalue weighted by atomic mass is 15.1. The Kier molecular flexibility index (Phi) is 3.34. The van der Waals surface area contributed by atoms with Gasteiger partial charge >= 0.3 is 0 Å². The van der Waals surface area contributed by atoms with Crippen LogP contribution in [0.4, 0.5) is 5.82 Å². The fourth-order valence-corrected chi connectivity index (χ4v) is 2.79. The van der Waals surface area contributed by atoms with Crippen LogP contribution in [0.3, 0.4) is 0 Å². The number of fused-ring (bicyclic) bond motifs is 1. The van der Waals surface area contributed by atoms with E-state index in [1.807, 2.05) is 30.5 Å². The minimum Gasteiger partial charge on any atom is -0.366 e. The normalized spacial score (nSPS) is 24.5. The first-order valence-electron chi connectivity index (χ1n) is 6.89. The van der Waals surface area contributed by atoms with Crippen LogP contribution in [0.5, 0.6) is 0 Å². The number of aromatic nitrogens is 2. The van der Waals surface area contributed by atoms with Gasteiger partial charge in [0.15, 0.2) is 0 Å². The van der Waals surface area contributed by atoms with Gasteiger partial charge in [0.2, 0.25) is 0 Å². The van der Waals surface area contributed by atoms with E-state index < -0.39 is 0 Å². The topological polar surface area (TPSA) is 41.0 Å². The van der Waals surface area contributed by atoms with E-state index in [9.17, 15) is 0 Å². The van der Waals surface area contributed by atoms with Gasteiger partial charge in [0.25, 0.3) is 0 Å². The Morgan fingerprint density at radius 3 is 2.84 bits per heavy atom. The van der Waals surface area contributed by atoms with Crippen LogP contribution >= 0.6 is 0 Å². The van der Waals surface area contributed by atoms with Crippen molar-refractivity contribution in [2.24, 2.45) is 5.92 Å². The number of benzene rings is 1. The minimum absolute atomic E-state index is 0.492. The molecule has 1 N–H and O–H groups in total. The van der Waals surface area contributed by atoms with Gasteiger partial charge in [-0.1, -0.05) is 19.1 Å². The summed E-state index contributed by atoms with van der Waals surface area (Å²) in [6.07, 6.45) is 3.00. The van der Waals surface area contributed by atoms with E-state index in [1.54, 1.807) is 0 Å². The Morgan fingerprint density at radius 1 is 1.26 bits per heavy atom. The first-order valence-corrected chi connectivity index (χ1v) is 6.89. The fraction of sp³-hybridized carbons (Fsp3) is 0.467. The maximum Gasteiger partial charge on any atom is 0.145 e. The summed E-state index contributed by atoms with van der Waals surface area (Å²) in [6, 6.07) is 8.48. The highest BCUT2D eigenvalue weighted by molar-refractivity contribution is 5.75. The summed E-state index contributed by atoms with van der Waals surface area (Å²) in [5.41, 5.74) is 1.90. The molecule has 0 spiro atoms. The molecule has 100 valence electrons. The predicted octanol–water partition coefficient (Wildman–Crippen LogP) is 2.38. The van der Waals surface area contributed by atoms with Crippen molar-refractivity contribution in [1.82, 2.24) is 14.9 Å². The number of nitrogens with one attached hydrogen (secondary N) is 1. The highest BCUT2D eigenvalue weighted by Gasteiger charge is 2.24. The van der Waals surface area contributed by atoms with E-state index >= 15 is 0 Å². The van der Waals surface area contributed by atoms with Crippen molar-refractivity contribution in [3.05, 3.63) is 30.5 Å². The SMILES string of the molecule is CC1CN(C)CCC1Nc1cnc2ccccc2n1. The van der Waals surface area contributed by atoms with Crippen LogP contribution in [-0.4, -0.2) is 41.0 Å². The lowest BCUT2D eigenvalue weighted by Gasteiger charge is -2.35. The third-order valence-electron chi connectivity index (χ3n) is 3.89. The average Bonchev–Trinajstić information content (AvgIpc) is 2.42. The standard InChI is InChI=1S/C15H20N4/c1-11-10-19(2)8-7-12(11)17-15-9-16-13-5-3-4-6-14(13)18-15/h3-6,9,11-12H,7-8,10H2,1-2H3,(H,17,18). The van der Waals surface area contributed by atoms with Crippen LogP contribution in [0.2, 0.25) is 0 Å². The molecule has 0 saturated carbocycles. The van der Waals surface area contributed by atoms with E-state index in [4.69, 9.17) is 0 Å². The second-order valence-electron chi connectivity index (χ2n) is 5.52. The van der Waals surface area contributed by atoms with Gasteiger partial charge in [-0.3, -0.25) is 4.98 Å². The van der Waals surface area contributed by atoms with E-state index in [0.29, 0.717) is 12.0 Å². The molecule has 1 saturated heterocycles. The van der Waals surface area contributed by atoms with Crippen molar-refractivity contribution in [1.29, 1.82) is 0 Å². The Morgan fingerprint density at radius 2 is 2.05 bits per heavy atom. The summed E-state index contributed by atoms with van der Waals surface area (Å²) in [5.74, 6) is 1.52. The molecule has 0 amide bonds. The summed E-state index contributed by atoms with van der Waals surface area (Å²) in [4.78, 5) is 11.5. The molecule has 2 unspecified atom stereocenters. The number of anilines is 1. The summed E-state index contributed by atoms with van der Waals surface area (Å²) >= 11 is 0. The average molecular weight is 256 g/mol. The predicted molar refractivity (Wildman–Crippen MR) is 78.2 cm³/mol. The van der Waals surface area contributed by atoms with Crippen molar-refractivity contribution < 1.29 is 0 Å². The number of hydrogen-bond donors (Lipinski definition) is 1. The van der Waals surface area contributed by atoms with E-state index in [-0.39, 0.29) is 0 Å². The summed E-state index contributed by atoms with van der Waals surface area (Å²) < 4.78 is 0. The van der Waals surface area contributed by atoms with E-state index in [0.717, 1.165) is 36.4 Å². The Balaban J connectivity index is 1.77. The molecule has 4 heteroatoms. The third-order valence-corrected chi connectivity index (χ3v) is 3.89. The Hall–Kier alpha value is -1.68. The molecule has 1 aliphatic rings. The lowest BCUT2D eigenvalue weighted by molar-refractivity contribution is 0.206. The molecule has 3 rings (SSSR count). The summed E-state index contributed by atoms with van der Waals surface area (Å²) in [6.45, 7) is 4.57. The van der Waals surface area contributed by atoms with Crippen LogP contribution in [-0.2, 0) is 0 Å². The number of piperidine rings is 1. The van der Waals surface area contributed by atoms with Crippen LogP contribution in [0.1, 0.15) is 13.3 Å². The summed E-state index contributed by atoms with van der Waals surface area (Å²) in [7, 11) is 2.18. The van der Waals surface area contributed by atoms with Gasteiger partial charge in [0.05, 0.1) is 17.2 Å². The molecule has 1 aromatic carbocycles. The number of likely N-dealkylation sites (tertiary alicyclic amines) is 1. The lowest BCUT2D eigenvalue weighted by Crippen LogP contribution is -2.43. The largest absolute Gasteiger partial charge is 0.366 e. The first-order chi connectivity index (χ1) is 9.22. The van der Waals surface area contributed by atoms with Gasteiger partial charge in [-0.25, -0.2) is 4.98 Å². The molecule has 2 atom stereocenters. The Bertz CT molecular complexity index is 569. The number of hydrogen-bond acceptors (Lipinski definition) is 4. The second-order valence-corrected chi connectivity index (χ2v) is 5.52. The van der Waals surface area contributed by atoms with Gasteiger partial charge in [-0.05, 0) is 38.1 Å². The van der Waals surface area contributed by atoms with Crippen LogP contribution < -0.4 is 5.32 Å². The van der Waals surface area contributed by atoms with Crippen molar-refractivity contribution in [2.75, 3.05) is 25.5 Å². The van der Waals surface area contributed by atoms with Crippen LogP contribution in [0.25, 0.3) is 11.0 Å². The molecule has 2 aromatic rings. The zero-order valence-electron chi connectivity index (χ0n) is 11.5. The molecular weight excluding hydrogens is 236 g/mol. The fourth-order valence-electron chi connectivity index (χ4n) is 2.79. The van der Waals surface area contributed by atoms with Crippen molar-refractivity contribution >= 4 is 16.9 Å². The van der Waals surface area contributed by atoms with Crippen molar-refractivity contribution in [3.63, 3.8) is 0 Å². The molecule has 1 aromatic heterocycles. The maximum absolute atomic E-state index is 4.64. The molecule has 0 aliphatic carbocycles. The van der Waals surface area contributed by atoms with Crippen LogP contribution in [0.15, 0.2) is 30.5 Å². The van der Waals surface area contributed by atoms with Gasteiger partial charge in [0, 0.05) is 12.6 Å². The Labute approximate surface area is 113 Å². The quantitative estimate of drug-likeness (QED) is 0.895. The minimum atomic E-state index is 0.492. The monoisotopic (exact) mass is 256 g/mol. The maximum atomic E-state index is 4.64. The molecule has 4 nitrogen and oxygen atoms in total. The molecule has 0 bridgehead atoms. The summed E-state index contributed by atoms with van der Waals surface area (Å²) in [5, 5.41) is 3.54. The van der Waals surface area contributed by atoms with Gasteiger partial charge in [0.1, 0.15) is 5.82 Å². The van der Waals surface area contributed by atoms with Gasteiger partial charge < -0.3 is 10.2 Å². The molecule has 1 aliphatic heterocycles. The van der Waals surface area contributed by atoms with E-state index in [1.165, 1.54) is 0 Å². The van der Waals surface area contributed by atoms with Gasteiger partial charge in [-0.2, -0.15) is 0 Å². The molecule has 1 fully saturated rings. The van der Waals surface area contributed by atoms with Crippen molar-refractivity contribution in [2.45, 2.75) is 19.4 Å². The molecular formula is C15H20N4. The van der Waals surface area contributed by atoms with Crippen molar-refractivity contribution in [3.8, 4) is 0 Å². The smallest absolute Gasteiger partial charge is 0.145 e. The molecule has 2 heterocycles. The van der Waals surface area contributed by atoms with E-state index in [2.05, 4.69) is 34.2 Å². The highest BCUT2D eigenvalue weighted by Crippen LogP contribution is 2.20. The number of para-hydroxylation sites is 2. The molecule has 0 radical (unpaired) electrons. The lowest BCUT2D eigenvalue weighted by atomic mass is 9.94. The van der Waals surface area contributed by atoms with Gasteiger partial charge in [-0.15, -0.1) is 0 Å². The number of rotatable bonds is 2. The van der Waals surface area contributed by atoms with Crippen LogP contribution in [0, 0.1) is 5.92 Å². The zero-order chi connectivity index (χ0) is 13.2. The second kappa shape index (κ2) is 5.13. The molecule has 19 heavy (non-hydrogen) atoms. The first kappa shape index (κ1) is 12.4. The number of nitrogens with zero attached hydrogens (tertiary/aromatic N) is 3. The third kappa shape index (κ3) is 2.68.